The van der Waals surface area contributed by atoms with Gasteiger partial charge in [-0.2, -0.15) is 0 Å². The molecular formula is C54H52N3OPt-. The van der Waals surface area contributed by atoms with Gasteiger partial charge in [0.15, 0.2) is 0 Å². The Morgan fingerprint density at radius 3 is 2.07 bits per heavy atom. The minimum absolute atomic E-state index is 0. The van der Waals surface area contributed by atoms with Crippen LogP contribution in [0.2, 0.25) is 0 Å². The molecule has 0 aliphatic rings. The SMILES string of the molecule is CCC(C)(C)c1ccc(-n2c(-c3cc(C)cc(C)c3O)nc3c(-c4[c-]c(-c5cc(-c6ccc(C)cc6)ccn5)cc(C(C)(C)C)c4)cccc32)c(-c2ccccc2)c1.[Pt]. The van der Waals surface area contributed by atoms with E-state index < -0.39 is 0 Å². The molecule has 2 aromatic heterocycles. The van der Waals surface area contributed by atoms with Gasteiger partial charge in [-0.25, -0.2) is 4.98 Å². The second-order valence-corrected chi connectivity index (χ2v) is 17.5. The third-order valence-corrected chi connectivity index (χ3v) is 11.8. The van der Waals surface area contributed by atoms with E-state index in [9.17, 15) is 5.11 Å². The van der Waals surface area contributed by atoms with Gasteiger partial charge < -0.3 is 5.11 Å². The number of aromatic hydroxyl groups is 1. The fourth-order valence-corrected chi connectivity index (χ4v) is 7.87. The van der Waals surface area contributed by atoms with Crippen molar-refractivity contribution in [2.45, 2.75) is 79.6 Å². The van der Waals surface area contributed by atoms with Crippen molar-refractivity contribution in [1.82, 2.24) is 14.5 Å². The van der Waals surface area contributed by atoms with Crippen molar-refractivity contribution in [3.63, 3.8) is 0 Å². The first-order chi connectivity index (χ1) is 27.7. The summed E-state index contributed by atoms with van der Waals surface area (Å²) in [6.07, 6.45) is 2.90. The average Bonchev–Trinajstić information content (AvgIpc) is 3.61. The van der Waals surface area contributed by atoms with Crippen LogP contribution in [0.25, 0.3) is 72.7 Å². The minimum Gasteiger partial charge on any atom is -0.507 e. The molecule has 0 fully saturated rings. The van der Waals surface area contributed by atoms with Crippen LogP contribution >= 0.6 is 0 Å². The van der Waals surface area contributed by atoms with E-state index in [0.717, 1.165) is 78.9 Å². The summed E-state index contributed by atoms with van der Waals surface area (Å²) in [7, 11) is 0. The maximum Gasteiger partial charge on any atom is 0.148 e. The summed E-state index contributed by atoms with van der Waals surface area (Å²) in [5, 5.41) is 11.8. The molecule has 0 amide bonds. The maximum atomic E-state index is 11.8. The number of pyridine rings is 1. The Morgan fingerprint density at radius 1 is 0.627 bits per heavy atom. The molecule has 4 nitrogen and oxygen atoms in total. The number of aryl methyl sites for hydroxylation is 3. The first kappa shape index (κ1) is 41.6. The Balaban J connectivity index is 0.00000528. The van der Waals surface area contributed by atoms with Crippen LogP contribution in [-0.2, 0) is 31.9 Å². The van der Waals surface area contributed by atoms with Crippen molar-refractivity contribution in [2.75, 3.05) is 0 Å². The number of para-hydroxylation sites is 1. The van der Waals surface area contributed by atoms with Crippen molar-refractivity contribution in [3.05, 3.63) is 167 Å². The number of imidazole rings is 1. The number of rotatable bonds is 8. The number of nitrogens with zero attached hydrogens (tertiary/aromatic N) is 3. The zero-order valence-corrected chi connectivity index (χ0v) is 37.8. The van der Waals surface area contributed by atoms with Gasteiger partial charge in [-0.15, -0.1) is 29.3 Å². The van der Waals surface area contributed by atoms with Gasteiger partial charge in [0.05, 0.1) is 22.3 Å². The van der Waals surface area contributed by atoms with Crippen molar-refractivity contribution in [2.24, 2.45) is 0 Å². The van der Waals surface area contributed by atoms with Gasteiger partial charge in [-0.3, -0.25) is 9.55 Å². The molecule has 0 aliphatic carbocycles. The first-order valence-electron chi connectivity index (χ1n) is 20.4. The van der Waals surface area contributed by atoms with Gasteiger partial charge in [-0.1, -0.05) is 143 Å². The van der Waals surface area contributed by atoms with Crippen LogP contribution in [-0.4, -0.2) is 19.6 Å². The zero-order valence-electron chi connectivity index (χ0n) is 35.5. The normalized spacial score (nSPS) is 11.8. The van der Waals surface area contributed by atoms with E-state index in [-0.39, 0.29) is 37.6 Å². The summed E-state index contributed by atoms with van der Waals surface area (Å²) in [5.41, 5.74) is 17.1. The van der Waals surface area contributed by atoms with Crippen molar-refractivity contribution in [3.8, 4) is 67.5 Å². The molecule has 6 aromatic carbocycles. The molecule has 0 aliphatic heterocycles. The molecule has 1 N–H and O–H groups in total. The smallest absolute Gasteiger partial charge is 0.148 e. The Morgan fingerprint density at radius 2 is 1.36 bits per heavy atom. The Kier molecular flexibility index (Phi) is 11.4. The Hall–Kier alpha value is -5.57. The summed E-state index contributed by atoms with van der Waals surface area (Å²) in [5.74, 6) is 0.919. The zero-order chi connectivity index (χ0) is 40.9. The summed E-state index contributed by atoms with van der Waals surface area (Å²) in [6, 6.07) is 49.1. The summed E-state index contributed by atoms with van der Waals surface area (Å²) >= 11 is 0. The third kappa shape index (κ3) is 8.08. The molecule has 0 saturated carbocycles. The first-order valence-corrected chi connectivity index (χ1v) is 20.4. The fraction of sp³-hybridized carbons (Fsp3) is 0.222. The van der Waals surface area contributed by atoms with E-state index >= 15 is 0 Å². The monoisotopic (exact) mass is 953 g/mol. The molecule has 0 saturated heterocycles. The minimum atomic E-state index is -0.144. The van der Waals surface area contributed by atoms with E-state index in [0.29, 0.717) is 11.4 Å². The summed E-state index contributed by atoms with van der Waals surface area (Å²) < 4.78 is 2.25. The molecule has 0 radical (unpaired) electrons. The van der Waals surface area contributed by atoms with Gasteiger partial charge in [0, 0.05) is 38.5 Å². The van der Waals surface area contributed by atoms with Crippen LogP contribution in [0.5, 0.6) is 5.75 Å². The molecule has 8 aromatic rings. The summed E-state index contributed by atoms with van der Waals surface area (Å²) in [6.45, 7) is 19.7. The molecule has 8 rings (SSSR count). The predicted octanol–water partition coefficient (Wildman–Crippen LogP) is 14.2. The van der Waals surface area contributed by atoms with Crippen LogP contribution in [0, 0.1) is 26.8 Å². The number of phenolic OH excluding ortho intramolecular Hbond substituents is 1. The van der Waals surface area contributed by atoms with Gasteiger partial charge >= 0.3 is 0 Å². The van der Waals surface area contributed by atoms with Crippen LogP contribution in [0.1, 0.15) is 75.8 Å². The molecule has 59 heavy (non-hydrogen) atoms. The van der Waals surface area contributed by atoms with E-state index in [1.807, 2.05) is 25.3 Å². The quantitative estimate of drug-likeness (QED) is 0.154. The van der Waals surface area contributed by atoms with Gasteiger partial charge in [0.2, 0.25) is 0 Å². The molecule has 0 spiro atoms. The van der Waals surface area contributed by atoms with E-state index in [2.05, 4.69) is 181 Å². The molecule has 2 heterocycles. The number of hydrogen-bond donors (Lipinski definition) is 1. The van der Waals surface area contributed by atoms with Gasteiger partial charge in [0.25, 0.3) is 0 Å². The van der Waals surface area contributed by atoms with Crippen molar-refractivity contribution < 1.29 is 26.2 Å². The Bertz CT molecular complexity index is 2810. The number of hydrogen-bond acceptors (Lipinski definition) is 3. The van der Waals surface area contributed by atoms with Crippen LogP contribution in [0.4, 0.5) is 0 Å². The molecule has 5 heteroatoms. The van der Waals surface area contributed by atoms with Crippen LogP contribution in [0.15, 0.2) is 134 Å². The van der Waals surface area contributed by atoms with Gasteiger partial charge in [0.1, 0.15) is 11.6 Å². The Labute approximate surface area is 364 Å². The average molecular weight is 954 g/mol. The molecule has 0 unspecified atom stereocenters. The summed E-state index contributed by atoms with van der Waals surface area (Å²) in [4.78, 5) is 10.4. The number of benzene rings is 6. The number of aromatic nitrogens is 3. The van der Waals surface area contributed by atoms with Crippen LogP contribution in [0.3, 0.4) is 0 Å². The number of phenols is 1. The van der Waals surface area contributed by atoms with E-state index in [4.69, 9.17) is 9.97 Å². The molecule has 0 bridgehead atoms. The molecule has 0 atom stereocenters. The second kappa shape index (κ2) is 16.2. The maximum absolute atomic E-state index is 11.8. The number of fused-ring (bicyclic) bond motifs is 1. The fourth-order valence-electron chi connectivity index (χ4n) is 7.87. The van der Waals surface area contributed by atoms with E-state index in [1.54, 1.807) is 0 Å². The third-order valence-electron chi connectivity index (χ3n) is 11.8. The predicted molar refractivity (Wildman–Crippen MR) is 243 cm³/mol. The standard InChI is InChI=1S/C54H52N3O.Pt/c1-10-54(8,9)42-23-24-48(45(33-42)38-15-12-11-13-16-38)57-49-18-14-17-44(50(49)56-52(57)46-28-35(3)27-36(4)51(46)58)40-29-41(31-43(30-40)53(5,6)7)47-32-39(25-26-55-47)37-21-19-34(2)20-22-37;/h11-28,30-33,58H,10H2,1-9H3;/q-1;. The largest absolute Gasteiger partial charge is 0.507 e. The van der Waals surface area contributed by atoms with Crippen LogP contribution < -0.4 is 0 Å². The van der Waals surface area contributed by atoms with Crippen molar-refractivity contribution >= 4 is 11.0 Å². The molecular weight excluding hydrogens is 902 g/mol. The second-order valence-electron chi connectivity index (χ2n) is 17.5. The van der Waals surface area contributed by atoms with E-state index in [1.165, 1.54) is 16.7 Å². The molecule has 300 valence electrons. The topological polar surface area (TPSA) is 50.9 Å². The van der Waals surface area contributed by atoms with Crippen molar-refractivity contribution in [1.29, 1.82) is 0 Å². The van der Waals surface area contributed by atoms with Gasteiger partial charge in [-0.05, 0) is 102 Å².